The van der Waals surface area contributed by atoms with E-state index in [1.54, 1.807) is 13.1 Å². The molecule has 1 aliphatic heterocycles. The summed E-state index contributed by atoms with van der Waals surface area (Å²) in [5.41, 5.74) is 0.840. The van der Waals surface area contributed by atoms with Crippen molar-refractivity contribution in [2.24, 2.45) is 7.05 Å². The summed E-state index contributed by atoms with van der Waals surface area (Å²) < 4.78 is 33.5. The van der Waals surface area contributed by atoms with Gasteiger partial charge in [-0.1, -0.05) is 0 Å². The Morgan fingerprint density at radius 2 is 2.27 bits per heavy atom. The molecule has 120 valence electrons. The Hall–Kier alpha value is -1.64. The molecule has 1 atom stereocenters. The summed E-state index contributed by atoms with van der Waals surface area (Å²) in [6.45, 7) is 1.39. The van der Waals surface area contributed by atoms with Gasteiger partial charge in [-0.2, -0.15) is 0 Å². The number of nitrogens with zero attached hydrogens (tertiary/aromatic N) is 1. The van der Waals surface area contributed by atoms with Gasteiger partial charge in [-0.25, -0.2) is 17.9 Å². The number of nitrogens with one attached hydrogen (secondary N) is 2. The average Bonchev–Trinajstić information content (AvgIpc) is 3.08. The highest BCUT2D eigenvalue weighted by atomic mass is 32.2. The molecule has 2 aromatic rings. The van der Waals surface area contributed by atoms with Crippen LogP contribution in [0.25, 0.3) is 11.1 Å². The van der Waals surface area contributed by atoms with E-state index in [2.05, 4.69) is 10.0 Å². The SMILES string of the molecule is Cn1c(=O)oc2cc(S(=O)(=O)NCC[C@H]3CCCN3)ccc21. The molecular weight excluding hydrogens is 306 g/mol. The minimum Gasteiger partial charge on any atom is -0.408 e. The van der Waals surface area contributed by atoms with Crippen LogP contribution in [0.2, 0.25) is 0 Å². The largest absolute Gasteiger partial charge is 0.419 e. The van der Waals surface area contributed by atoms with Crippen molar-refractivity contribution in [1.82, 2.24) is 14.6 Å². The van der Waals surface area contributed by atoms with Gasteiger partial charge in [-0.3, -0.25) is 4.57 Å². The van der Waals surface area contributed by atoms with Crippen LogP contribution < -0.4 is 15.8 Å². The van der Waals surface area contributed by atoms with E-state index in [0.717, 1.165) is 25.8 Å². The van der Waals surface area contributed by atoms with Crippen molar-refractivity contribution in [1.29, 1.82) is 0 Å². The van der Waals surface area contributed by atoms with Gasteiger partial charge in [0.15, 0.2) is 5.58 Å². The predicted molar refractivity (Wildman–Crippen MR) is 82.3 cm³/mol. The Morgan fingerprint density at radius 1 is 1.45 bits per heavy atom. The topological polar surface area (TPSA) is 93.3 Å². The fourth-order valence-corrected chi connectivity index (χ4v) is 3.80. The minimum absolute atomic E-state index is 0.105. The van der Waals surface area contributed by atoms with E-state index in [4.69, 9.17) is 4.42 Å². The van der Waals surface area contributed by atoms with E-state index in [-0.39, 0.29) is 10.5 Å². The van der Waals surface area contributed by atoms with Crippen LogP contribution in [0.15, 0.2) is 32.3 Å². The molecule has 1 saturated heterocycles. The number of sulfonamides is 1. The Balaban J connectivity index is 1.75. The number of rotatable bonds is 5. The van der Waals surface area contributed by atoms with Gasteiger partial charge in [-0.05, 0) is 37.9 Å². The Kier molecular flexibility index (Phi) is 4.07. The maximum atomic E-state index is 12.3. The zero-order valence-corrected chi connectivity index (χ0v) is 13.1. The molecule has 0 saturated carbocycles. The van der Waals surface area contributed by atoms with Crippen LogP contribution >= 0.6 is 0 Å². The predicted octanol–water partition coefficient (Wildman–Crippen LogP) is 0.552. The highest BCUT2D eigenvalue weighted by molar-refractivity contribution is 7.89. The molecule has 1 aromatic carbocycles. The summed E-state index contributed by atoms with van der Waals surface area (Å²) in [7, 11) is -2.02. The van der Waals surface area contributed by atoms with Crippen LogP contribution in [-0.2, 0) is 17.1 Å². The molecule has 1 aromatic heterocycles. The first-order valence-electron chi connectivity index (χ1n) is 7.30. The summed E-state index contributed by atoms with van der Waals surface area (Å²) in [5.74, 6) is -0.509. The second-order valence-electron chi connectivity index (χ2n) is 5.54. The smallest absolute Gasteiger partial charge is 0.408 e. The molecule has 0 amide bonds. The summed E-state index contributed by atoms with van der Waals surface area (Å²) in [5, 5.41) is 3.33. The zero-order chi connectivity index (χ0) is 15.7. The zero-order valence-electron chi connectivity index (χ0n) is 12.3. The molecule has 0 aliphatic carbocycles. The number of fused-ring (bicyclic) bond motifs is 1. The van der Waals surface area contributed by atoms with E-state index in [1.165, 1.54) is 16.7 Å². The lowest BCUT2D eigenvalue weighted by Crippen LogP contribution is -2.30. The normalized spacial score (nSPS) is 19.0. The maximum absolute atomic E-state index is 12.3. The van der Waals surface area contributed by atoms with Crippen LogP contribution in [0.4, 0.5) is 0 Å². The third-order valence-corrected chi connectivity index (χ3v) is 5.48. The van der Waals surface area contributed by atoms with E-state index in [0.29, 0.717) is 18.1 Å². The second kappa shape index (κ2) is 5.86. The fraction of sp³-hybridized carbons (Fsp3) is 0.500. The molecule has 1 aliphatic rings. The molecule has 0 unspecified atom stereocenters. The standard InChI is InChI=1S/C14H19N3O4S/c1-17-12-5-4-11(9-13(12)21-14(17)18)22(19,20)16-8-6-10-3-2-7-15-10/h4-5,9-10,15-16H,2-3,6-8H2,1H3/t10-/m1/s1. The van der Waals surface area contributed by atoms with Gasteiger partial charge in [0.05, 0.1) is 10.4 Å². The van der Waals surface area contributed by atoms with E-state index in [1.807, 2.05) is 0 Å². The van der Waals surface area contributed by atoms with E-state index >= 15 is 0 Å². The third kappa shape index (κ3) is 2.94. The van der Waals surface area contributed by atoms with Gasteiger partial charge in [-0.15, -0.1) is 0 Å². The summed E-state index contributed by atoms with van der Waals surface area (Å²) in [6, 6.07) is 4.82. The van der Waals surface area contributed by atoms with Crippen molar-refractivity contribution in [3.05, 3.63) is 28.7 Å². The van der Waals surface area contributed by atoms with Crippen LogP contribution in [0.5, 0.6) is 0 Å². The molecular formula is C14H19N3O4S. The number of oxazole rings is 1. The van der Waals surface area contributed by atoms with Crippen molar-refractivity contribution in [3.8, 4) is 0 Å². The molecule has 1 fully saturated rings. The number of hydrogen-bond acceptors (Lipinski definition) is 5. The maximum Gasteiger partial charge on any atom is 0.419 e. The fourth-order valence-electron chi connectivity index (χ4n) is 2.74. The monoisotopic (exact) mass is 325 g/mol. The number of benzene rings is 1. The molecule has 22 heavy (non-hydrogen) atoms. The van der Waals surface area contributed by atoms with Gasteiger partial charge in [0.2, 0.25) is 10.0 Å². The van der Waals surface area contributed by atoms with Crippen LogP contribution in [0.1, 0.15) is 19.3 Å². The van der Waals surface area contributed by atoms with Gasteiger partial charge in [0.25, 0.3) is 0 Å². The van der Waals surface area contributed by atoms with Gasteiger partial charge < -0.3 is 9.73 Å². The minimum atomic E-state index is -3.60. The molecule has 7 nitrogen and oxygen atoms in total. The van der Waals surface area contributed by atoms with E-state index < -0.39 is 15.8 Å². The summed E-state index contributed by atoms with van der Waals surface area (Å²) >= 11 is 0. The number of hydrogen-bond donors (Lipinski definition) is 2. The molecule has 8 heteroatoms. The van der Waals surface area contributed by atoms with Gasteiger partial charge in [0.1, 0.15) is 0 Å². The lowest BCUT2D eigenvalue weighted by molar-refractivity contribution is 0.526. The Labute approximate surface area is 128 Å². The van der Waals surface area contributed by atoms with Crippen LogP contribution in [-0.4, -0.2) is 32.1 Å². The molecule has 2 N–H and O–H groups in total. The Bertz CT molecular complexity index is 831. The number of aromatic nitrogens is 1. The third-order valence-electron chi connectivity index (χ3n) is 4.02. The lowest BCUT2D eigenvalue weighted by Gasteiger charge is -2.11. The molecule has 0 spiro atoms. The van der Waals surface area contributed by atoms with Crippen molar-refractivity contribution < 1.29 is 12.8 Å². The van der Waals surface area contributed by atoms with Crippen LogP contribution in [0.3, 0.4) is 0 Å². The van der Waals surface area contributed by atoms with Crippen molar-refractivity contribution in [2.75, 3.05) is 13.1 Å². The lowest BCUT2D eigenvalue weighted by atomic mass is 10.2. The molecule has 3 rings (SSSR count). The molecule has 2 heterocycles. The molecule has 0 bridgehead atoms. The summed E-state index contributed by atoms with van der Waals surface area (Å²) in [4.78, 5) is 11.5. The van der Waals surface area contributed by atoms with Crippen molar-refractivity contribution >= 4 is 21.1 Å². The average molecular weight is 325 g/mol. The first kappa shape index (κ1) is 15.3. The first-order valence-corrected chi connectivity index (χ1v) is 8.78. The number of aryl methyl sites for hydroxylation is 1. The highest BCUT2D eigenvalue weighted by Gasteiger charge is 2.18. The van der Waals surface area contributed by atoms with Gasteiger partial charge >= 0.3 is 5.76 Å². The van der Waals surface area contributed by atoms with Gasteiger partial charge in [0, 0.05) is 25.7 Å². The second-order valence-corrected chi connectivity index (χ2v) is 7.30. The summed E-state index contributed by atoms with van der Waals surface area (Å²) in [6.07, 6.45) is 2.99. The van der Waals surface area contributed by atoms with Crippen LogP contribution in [0, 0.1) is 0 Å². The van der Waals surface area contributed by atoms with Crippen molar-refractivity contribution in [3.63, 3.8) is 0 Å². The Morgan fingerprint density at radius 3 is 3.00 bits per heavy atom. The highest BCUT2D eigenvalue weighted by Crippen LogP contribution is 2.18. The molecule has 0 radical (unpaired) electrons. The quantitative estimate of drug-likeness (QED) is 0.837. The first-order chi connectivity index (χ1) is 10.5. The van der Waals surface area contributed by atoms with E-state index in [9.17, 15) is 13.2 Å². The van der Waals surface area contributed by atoms with Crippen molar-refractivity contribution in [2.45, 2.75) is 30.2 Å².